The van der Waals surface area contributed by atoms with Crippen molar-refractivity contribution in [2.75, 3.05) is 50.7 Å². The molecule has 0 spiro atoms. The molecule has 0 atom stereocenters. The van der Waals surface area contributed by atoms with Gasteiger partial charge in [-0.25, -0.2) is 0 Å². The van der Waals surface area contributed by atoms with Crippen LogP contribution in [0, 0.1) is 5.92 Å². The molecule has 2 saturated heterocycles. The van der Waals surface area contributed by atoms with Gasteiger partial charge in [0, 0.05) is 44.8 Å². The van der Waals surface area contributed by atoms with Gasteiger partial charge in [0.15, 0.2) is 0 Å². The van der Waals surface area contributed by atoms with Crippen LogP contribution in [-0.4, -0.2) is 61.5 Å². The second-order valence-electron chi connectivity index (χ2n) is 8.76. The maximum Gasteiger partial charge on any atom is 0.223 e. The van der Waals surface area contributed by atoms with Gasteiger partial charge in [-0.3, -0.25) is 4.79 Å². The Morgan fingerprint density at radius 1 is 0.800 bits per heavy atom. The Balaban J connectivity index is 1.12. The highest BCUT2D eigenvalue weighted by atomic mass is 16.2. The average molecular weight is 406 g/mol. The molecule has 1 amide bonds. The predicted molar refractivity (Wildman–Crippen MR) is 124 cm³/mol. The summed E-state index contributed by atoms with van der Waals surface area (Å²) in [5, 5.41) is 0. The van der Waals surface area contributed by atoms with Gasteiger partial charge >= 0.3 is 0 Å². The van der Waals surface area contributed by atoms with Crippen LogP contribution in [-0.2, 0) is 11.2 Å². The fourth-order valence-corrected chi connectivity index (χ4v) is 4.78. The van der Waals surface area contributed by atoms with Crippen molar-refractivity contribution in [3.8, 4) is 0 Å². The van der Waals surface area contributed by atoms with Crippen molar-refractivity contribution in [2.45, 2.75) is 32.1 Å². The van der Waals surface area contributed by atoms with E-state index in [0.29, 0.717) is 12.3 Å². The molecule has 160 valence electrons. The lowest BCUT2D eigenvalue weighted by Gasteiger charge is -2.37. The summed E-state index contributed by atoms with van der Waals surface area (Å²) in [6.07, 6.45) is 5.70. The van der Waals surface area contributed by atoms with Crippen LogP contribution < -0.4 is 4.90 Å². The molecule has 0 bridgehead atoms. The van der Waals surface area contributed by atoms with Crippen molar-refractivity contribution in [1.29, 1.82) is 0 Å². The molecule has 2 aromatic carbocycles. The summed E-state index contributed by atoms with van der Waals surface area (Å²) in [7, 11) is 0. The lowest BCUT2D eigenvalue weighted by atomic mass is 9.90. The quantitative estimate of drug-likeness (QED) is 0.695. The minimum Gasteiger partial charge on any atom is -0.368 e. The molecule has 2 aliphatic heterocycles. The van der Waals surface area contributed by atoms with Crippen molar-refractivity contribution < 1.29 is 4.79 Å². The van der Waals surface area contributed by atoms with Crippen LogP contribution in [0.15, 0.2) is 60.7 Å². The maximum atomic E-state index is 12.7. The number of rotatable bonds is 7. The van der Waals surface area contributed by atoms with E-state index >= 15 is 0 Å². The molecular weight excluding hydrogens is 370 g/mol. The molecule has 4 nitrogen and oxygen atoms in total. The maximum absolute atomic E-state index is 12.7. The van der Waals surface area contributed by atoms with E-state index in [-0.39, 0.29) is 0 Å². The van der Waals surface area contributed by atoms with Crippen molar-refractivity contribution in [2.24, 2.45) is 5.92 Å². The molecule has 4 heteroatoms. The number of aryl methyl sites for hydroxylation is 1. The molecule has 2 aromatic rings. The summed E-state index contributed by atoms with van der Waals surface area (Å²) < 4.78 is 0. The van der Waals surface area contributed by atoms with Crippen molar-refractivity contribution >= 4 is 11.6 Å². The second-order valence-corrected chi connectivity index (χ2v) is 8.76. The first-order valence-electron chi connectivity index (χ1n) is 11.6. The van der Waals surface area contributed by atoms with Crippen LogP contribution in [0.25, 0.3) is 0 Å². The van der Waals surface area contributed by atoms with Gasteiger partial charge in [-0.15, -0.1) is 0 Å². The summed E-state index contributed by atoms with van der Waals surface area (Å²) in [4.78, 5) is 19.6. The number of likely N-dealkylation sites (tertiary alicyclic amines) is 1. The summed E-state index contributed by atoms with van der Waals surface area (Å²) in [6, 6.07) is 21.4. The third-order valence-electron chi connectivity index (χ3n) is 6.79. The van der Waals surface area contributed by atoms with Gasteiger partial charge in [-0.1, -0.05) is 48.5 Å². The fraction of sp³-hybridized carbons (Fsp3) is 0.500. The lowest BCUT2D eigenvalue weighted by molar-refractivity contribution is -0.131. The van der Waals surface area contributed by atoms with Crippen LogP contribution in [0.4, 0.5) is 5.69 Å². The van der Waals surface area contributed by atoms with E-state index < -0.39 is 0 Å². The van der Waals surface area contributed by atoms with Gasteiger partial charge < -0.3 is 14.7 Å². The number of piperazine rings is 1. The number of benzene rings is 2. The first kappa shape index (κ1) is 20.9. The highest BCUT2D eigenvalue weighted by Crippen LogP contribution is 2.23. The molecule has 0 aromatic heterocycles. The Morgan fingerprint density at radius 2 is 1.43 bits per heavy atom. The average Bonchev–Trinajstić information content (AvgIpc) is 2.83. The van der Waals surface area contributed by atoms with E-state index in [1.54, 1.807) is 0 Å². The Hall–Kier alpha value is -2.33. The van der Waals surface area contributed by atoms with Crippen LogP contribution in [0.3, 0.4) is 0 Å². The number of piperidine rings is 1. The number of para-hydroxylation sites is 1. The molecule has 0 unspecified atom stereocenters. The van der Waals surface area contributed by atoms with Gasteiger partial charge in [-0.2, -0.15) is 0 Å². The number of anilines is 1. The minimum atomic E-state index is 0.328. The van der Waals surface area contributed by atoms with Crippen molar-refractivity contribution in [3.63, 3.8) is 0 Å². The van der Waals surface area contributed by atoms with Gasteiger partial charge in [-0.05, 0) is 62.4 Å². The molecule has 0 saturated carbocycles. The Kier molecular flexibility index (Phi) is 7.41. The summed E-state index contributed by atoms with van der Waals surface area (Å²) in [6.45, 7) is 6.77. The third-order valence-corrected chi connectivity index (χ3v) is 6.79. The molecule has 2 fully saturated rings. The van der Waals surface area contributed by atoms with Crippen LogP contribution >= 0.6 is 0 Å². The molecule has 0 aliphatic carbocycles. The molecule has 0 radical (unpaired) electrons. The molecule has 4 rings (SSSR count). The van der Waals surface area contributed by atoms with Gasteiger partial charge in [0.1, 0.15) is 0 Å². The highest BCUT2D eigenvalue weighted by molar-refractivity contribution is 5.76. The monoisotopic (exact) mass is 405 g/mol. The number of carbonyl (C=O) groups excluding carboxylic acids is 1. The van der Waals surface area contributed by atoms with Crippen LogP contribution in [0.2, 0.25) is 0 Å². The number of carbonyl (C=O) groups is 1. The first-order chi connectivity index (χ1) is 14.8. The first-order valence-corrected chi connectivity index (χ1v) is 11.6. The van der Waals surface area contributed by atoms with Gasteiger partial charge in [0.05, 0.1) is 0 Å². The molecule has 0 N–H and O–H groups in total. The SMILES string of the molecule is O=C(CCN1CCC(CCc2ccccc2)CC1)N1CCN(c2ccccc2)CC1. The largest absolute Gasteiger partial charge is 0.368 e. The zero-order chi connectivity index (χ0) is 20.6. The Bertz CT molecular complexity index is 763. The fourth-order valence-electron chi connectivity index (χ4n) is 4.78. The normalized spacial score (nSPS) is 18.5. The van der Waals surface area contributed by atoms with Gasteiger partial charge in [0.25, 0.3) is 0 Å². The second kappa shape index (κ2) is 10.6. The van der Waals surface area contributed by atoms with Gasteiger partial charge in [0.2, 0.25) is 5.91 Å². The summed E-state index contributed by atoms with van der Waals surface area (Å²) >= 11 is 0. The smallest absolute Gasteiger partial charge is 0.223 e. The van der Waals surface area contributed by atoms with E-state index in [1.165, 1.54) is 36.9 Å². The Morgan fingerprint density at radius 3 is 2.10 bits per heavy atom. The molecule has 30 heavy (non-hydrogen) atoms. The van der Waals surface area contributed by atoms with Crippen molar-refractivity contribution in [3.05, 3.63) is 66.2 Å². The molecular formula is C26H35N3O. The topological polar surface area (TPSA) is 26.8 Å². The number of hydrogen-bond donors (Lipinski definition) is 0. The molecule has 2 aliphatic rings. The van der Waals surface area contributed by atoms with Crippen LogP contribution in [0.5, 0.6) is 0 Å². The standard InChI is InChI=1S/C26H35N3O/c30-26(29-21-19-28(20-22-29)25-9-5-2-6-10-25)15-18-27-16-13-24(14-17-27)12-11-23-7-3-1-4-8-23/h1-10,24H,11-22H2. The summed E-state index contributed by atoms with van der Waals surface area (Å²) in [5.41, 5.74) is 2.72. The molecule has 2 heterocycles. The van der Waals surface area contributed by atoms with E-state index in [0.717, 1.165) is 51.7 Å². The predicted octanol–water partition coefficient (Wildman–Crippen LogP) is 4.07. The number of hydrogen-bond acceptors (Lipinski definition) is 3. The Labute approximate surface area is 181 Å². The van der Waals surface area contributed by atoms with Crippen molar-refractivity contribution in [1.82, 2.24) is 9.80 Å². The van der Waals surface area contributed by atoms with Crippen LogP contribution in [0.1, 0.15) is 31.2 Å². The minimum absolute atomic E-state index is 0.328. The number of nitrogens with zero attached hydrogens (tertiary/aromatic N) is 3. The summed E-state index contributed by atoms with van der Waals surface area (Å²) in [5.74, 6) is 1.16. The van der Waals surface area contributed by atoms with E-state index in [4.69, 9.17) is 0 Å². The van der Waals surface area contributed by atoms with E-state index in [1.807, 2.05) is 0 Å². The third kappa shape index (κ3) is 5.85. The van der Waals surface area contributed by atoms with E-state index in [2.05, 4.69) is 75.4 Å². The zero-order valence-electron chi connectivity index (χ0n) is 18.1. The lowest BCUT2D eigenvalue weighted by Crippen LogP contribution is -2.49. The number of amides is 1. The highest BCUT2D eigenvalue weighted by Gasteiger charge is 2.23. The zero-order valence-corrected chi connectivity index (χ0v) is 18.1. The van der Waals surface area contributed by atoms with E-state index in [9.17, 15) is 4.79 Å².